The Morgan fingerprint density at radius 3 is 3.12 bits per heavy atom. The minimum atomic E-state index is 0.447. The molecule has 96 valence electrons. The fourth-order valence-electron chi connectivity index (χ4n) is 2.49. The molecule has 17 heavy (non-hydrogen) atoms. The molecule has 0 aliphatic carbocycles. The second kappa shape index (κ2) is 7.34. The van der Waals surface area contributed by atoms with Crippen molar-refractivity contribution >= 4 is 6.21 Å². The van der Waals surface area contributed by atoms with Crippen LogP contribution in [0, 0.1) is 5.92 Å². The molecule has 0 aromatic rings. The topological polar surface area (TPSA) is 12.4 Å². The molecule has 0 bridgehead atoms. The summed E-state index contributed by atoms with van der Waals surface area (Å²) in [6.07, 6.45) is 16.9. The number of aliphatic imine (C=N–C) groups is 1. The molecule has 2 heterocycles. The molecular weight excluding hydrogens is 321 g/mol. The van der Waals surface area contributed by atoms with Crippen molar-refractivity contribution in [3.05, 3.63) is 23.9 Å². The molecule has 0 saturated heterocycles. The summed E-state index contributed by atoms with van der Waals surface area (Å²) in [7, 11) is 0. The second-order valence-electron chi connectivity index (χ2n) is 4.96. The van der Waals surface area contributed by atoms with Crippen LogP contribution in [-0.2, 0) is 0 Å². The molecule has 0 radical (unpaired) electrons. The molecular formula is C15H23IN-. The first-order valence-corrected chi connectivity index (χ1v) is 9.58. The van der Waals surface area contributed by atoms with Crippen LogP contribution in [0.25, 0.3) is 0 Å². The van der Waals surface area contributed by atoms with E-state index in [-0.39, 0.29) is 0 Å². The van der Waals surface area contributed by atoms with E-state index >= 15 is 0 Å². The summed E-state index contributed by atoms with van der Waals surface area (Å²) in [6.45, 7) is 2.46. The first-order valence-electron chi connectivity index (χ1n) is 6.81. The Morgan fingerprint density at radius 2 is 2.29 bits per heavy atom. The molecule has 2 heteroatoms. The van der Waals surface area contributed by atoms with Gasteiger partial charge in [0.25, 0.3) is 0 Å². The molecule has 0 N–H and O–H groups in total. The van der Waals surface area contributed by atoms with Gasteiger partial charge in [-0.1, -0.05) is 0 Å². The molecule has 0 spiro atoms. The van der Waals surface area contributed by atoms with Crippen molar-refractivity contribution in [1.29, 1.82) is 0 Å². The number of hydrogen-bond donors (Lipinski definition) is 0. The van der Waals surface area contributed by atoms with Gasteiger partial charge in [0.2, 0.25) is 0 Å². The maximum atomic E-state index is 4.30. The van der Waals surface area contributed by atoms with Crippen LogP contribution in [0.2, 0.25) is 0 Å². The predicted molar refractivity (Wildman–Crippen MR) is 71.2 cm³/mol. The third-order valence-corrected chi connectivity index (χ3v) is 6.90. The van der Waals surface area contributed by atoms with Crippen LogP contribution in [0.15, 0.2) is 28.9 Å². The van der Waals surface area contributed by atoms with Gasteiger partial charge in [-0.2, -0.15) is 0 Å². The average Bonchev–Trinajstić information content (AvgIpc) is 2.38. The van der Waals surface area contributed by atoms with E-state index in [1.807, 2.05) is 6.20 Å². The second-order valence-corrected chi connectivity index (χ2v) is 9.05. The van der Waals surface area contributed by atoms with Crippen LogP contribution in [0.4, 0.5) is 0 Å². The number of hydrogen-bond acceptors (Lipinski definition) is 1. The summed E-state index contributed by atoms with van der Waals surface area (Å²) in [5.41, 5.74) is 1.66. The Kier molecular flexibility index (Phi) is 5.75. The monoisotopic (exact) mass is 344 g/mol. The van der Waals surface area contributed by atoms with Crippen LogP contribution >= 0.6 is 0 Å². The zero-order valence-corrected chi connectivity index (χ0v) is 12.9. The number of rotatable bonds is 1. The fraction of sp³-hybridized carbons (Fsp3) is 0.667. The molecule has 2 atom stereocenters. The molecule has 0 saturated carbocycles. The molecule has 2 unspecified atom stereocenters. The van der Waals surface area contributed by atoms with Crippen LogP contribution in [-0.4, -0.2) is 14.6 Å². The van der Waals surface area contributed by atoms with Crippen LogP contribution in [0.1, 0.15) is 45.4 Å². The van der Waals surface area contributed by atoms with Gasteiger partial charge in [-0.3, -0.25) is 0 Å². The van der Waals surface area contributed by atoms with Crippen LogP contribution < -0.4 is 21.2 Å². The normalized spacial score (nSPS) is 34.5. The van der Waals surface area contributed by atoms with E-state index in [0.29, 0.717) is 27.1 Å². The van der Waals surface area contributed by atoms with E-state index in [2.05, 4.69) is 30.3 Å². The number of allylic oxidation sites excluding steroid dienone is 3. The Hall–Kier alpha value is -0.120. The Bertz CT molecular complexity index is 317. The van der Waals surface area contributed by atoms with Gasteiger partial charge in [0, 0.05) is 0 Å². The van der Waals surface area contributed by atoms with Gasteiger partial charge in [-0.05, 0) is 0 Å². The molecule has 0 aromatic heterocycles. The molecule has 0 aromatic carbocycles. The van der Waals surface area contributed by atoms with Crippen molar-refractivity contribution in [3.63, 3.8) is 0 Å². The van der Waals surface area contributed by atoms with Gasteiger partial charge in [0.15, 0.2) is 0 Å². The fourth-order valence-corrected chi connectivity index (χ4v) is 5.10. The van der Waals surface area contributed by atoms with Gasteiger partial charge >= 0.3 is 116 Å². The van der Waals surface area contributed by atoms with Gasteiger partial charge in [-0.25, -0.2) is 0 Å². The summed E-state index contributed by atoms with van der Waals surface area (Å²) < 4.78 is 2.52. The van der Waals surface area contributed by atoms with Crippen molar-refractivity contribution in [2.24, 2.45) is 10.9 Å². The van der Waals surface area contributed by atoms with Gasteiger partial charge < -0.3 is 0 Å². The van der Waals surface area contributed by atoms with Crippen LogP contribution in [0.3, 0.4) is 0 Å². The van der Waals surface area contributed by atoms with Crippen molar-refractivity contribution < 1.29 is 21.2 Å². The summed E-state index contributed by atoms with van der Waals surface area (Å²) in [6, 6.07) is 0. The van der Waals surface area contributed by atoms with Crippen molar-refractivity contribution in [3.8, 4) is 0 Å². The number of halogens is 1. The maximum absolute atomic E-state index is 4.30. The quantitative estimate of drug-likeness (QED) is 0.382. The average molecular weight is 344 g/mol. The third kappa shape index (κ3) is 4.57. The molecule has 0 fully saturated rings. The molecule has 0 amide bonds. The standard InChI is InChI=1S/C15H23IN/c1-13-6-2-3-7-14(8-4-10-16-13)15-9-5-11-17-12-15/h5,8,11-13,15H,2-4,6-7,9-10H2,1H3/q-1/b14-8-. The summed E-state index contributed by atoms with van der Waals surface area (Å²) in [5, 5.41) is 0. The SMILES string of the molecule is CC1CCCC/C(C2C=NC=CC2)=C/CC[I-]1. The predicted octanol–water partition coefficient (Wildman–Crippen LogP) is 0.959. The summed E-state index contributed by atoms with van der Waals surface area (Å²) in [5.74, 6) is 0.607. The van der Waals surface area contributed by atoms with E-state index < -0.39 is 0 Å². The first kappa shape index (κ1) is 13.3. The number of alkyl halides is 2. The Balaban J connectivity index is 1.94. The van der Waals surface area contributed by atoms with E-state index in [0.717, 1.165) is 3.92 Å². The van der Waals surface area contributed by atoms with Crippen molar-refractivity contribution in [2.75, 3.05) is 4.43 Å². The summed E-state index contributed by atoms with van der Waals surface area (Å²) >= 11 is 0.447. The van der Waals surface area contributed by atoms with Crippen molar-refractivity contribution in [2.45, 2.75) is 49.4 Å². The minimum absolute atomic E-state index is 0.447. The third-order valence-electron chi connectivity index (χ3n) is 3.53. The zero-order valence-electron chi connectivity index (χ0n) is 10.7. The van der Waals surface area contributed by atoms with Crippen LogP contribution in [0.5, 0.6) is 0 Å². The first-order chi connectivity index (χ1) is 8.36. The van der Waals surface area contributed by atoms with Gasteiger partial charge in [0.05, 0.1) is 0 Å². The number of nitrogens with zero attached hydrogens (tertiary/aromatic N) is 1. The van der Waals surface area contributed by atoms with E-state index in [9.17, 15) is 0 Å². The van der Waals surface area contributed by atoms with Gasteiger partial charge in [0.1, 0.15) is 0 Å². The van der Waals surface area contributed by atoms with E-state index in [1.54, 1.807) is 5.57 Å². The Morgan fingerprint density at radius 1 is 1.35 bits per heavy atom. The van der Waals surface area contributed by atoms with E-state index in [1.165, 1.54) is 43.0 Å². The zero-order chi connectivity index (χ0) is 11.9. The molecule has 2 rings (SSSR count). The Labute approximate surface area is 116 Å². The summed E-state index contributed by atoms with van der Waals surface area (Å²) in [4.78, 5) is 4.30. The van der Waals surface area contributed by atoms with E-state index in [4.69, 9.17) is 0 Å². The van der Waals surface area contributed by atoms with Gasteiger partial charge in [-0.15, -0.1) is 0 Å². The molecule has 1 nitrogen and oxygen atoms in total. The molecule has 2 aliphatic rings. The molecule has 2 aliphatic heterocycles. The van der Waals surface area contributed by atoms with Crippen molar-refractivity contribution in [1.82, 2.24) is 0 Å².